The van der Waals surface area contributed by atoms with Crippen LogP contribution in [0.5, 0.6) is 0 Å². The third-order valence-electron chi connectivity index (χ3n) is 2.66. The molecule has 2 nitrogen and oxygen atoms in total. The van der Waals surface area contributed by atoms with Gasteiger partial charge < -0.3 is 0 Å². The molecule has 2 heteroatoms. The topological polar surface area (TPSA) is 47.6 Å². The largest absolute Gasteiger partial charge is 0.181 e. The molecule has 0 aliphatic heterocycles. The Balaban J connectivity index is 0.000000267. The van der Waals surface area contributed by atoms with Gasteiger partial charge >= 0.3 is 0 Å². The molecular weight excluding hydrogens is 220 g/mol. The van der Waals surface area contributed by atoms with Crippen molar-refractivity contribution in [3.8, 4) is 12.1 Å². The van der Waals surface area contributed by atoms with Crippen molar-refractivity contribution < 1.29 is 0 Å². The summed E-state index contributed by atoms with van der Waals surface area (Å²) in [5.74, 6) is 0. The first kappa shape index (κ1) is 11.6. The number of hydrogen-bond acceptors (Lipinski definition) is 2. The Morgan fingerprint density at radius 2 is 0.833 bits per heavy atom. The first-order valence-electron chi connectivity index (χ1n) is 5.51. The smallest absolute Gasteiger partial charge is 0.181 e. The van der Waals surface area contributed by atoms with Crippen LogP contribution in [0.1, 0.15) is 0 Å². The summed E-state index contributed by atoms with van der Waals surface area (Å²) >= 11 is 0. The molecule has 84 valence electrons. The average molecular weight is 230 g/mol. The molecule has 0 aromatic heterocycles. The highest BCUT2D eigenvalue weighted by Crippen LogP contribution is 2.21. The molecule has 0 saturated heterocycles. The van der Waals surface area contributed by atoms with E-state index in [9.17, 15) is 0 Å². The monoisotopic (exact) mass is 230 g/mol. The standard InChI is InChI=1S/C14H10.C2N2/c1-2-6-12-10-14-8-4-3-7-13(14)9-11(12)5-1;3-1-2-4/h1-10H;. The summed E-state index contributed by atoms with van der Waals surface area (Å²) in [5.41, 5.74) is 0. The van der Waals surface area contributed by atoms with Crippen LogP contribution in [-0.4, -0.2) is 0 Å². The summed E-state index contributed by atoms with van der Waals surface area (Å²) in [6, 6.07) is 23.9. The maximum Gasteiger partial charge on any atom is 0.181 e. The summed E-state index contributed by atoms with van der Waals surface area (Å²) in [6.07, 6.45) is 0. The van der Waals surface area contributed by atoms with E-state index in [1.54, 1.807) is 0 Å². The normalized spacial score (nSPS) is 9.00. The summed E-state index contributed by atoms with van der Waals surface area (Å²) in [4.78, 5) is 0. The van der Waals surface area contributed by atoms with Crippen molar-refractivity contribution in [1.29, 1.82) is 10.5 Å². The molecule has 3 aromatic rings. The predicted octanol–water partition coefficient (Wildman–Crippen LogP) is 4.03. The Morgan fingerprint density at radius 3 is 1.06 bits per heavy atom. The van der Waals surface area contributed by atoms with Gasteiger partial charge in [-0.25, -0.2) is 0 Å². The molecule has 0 fully saturated rings. The minimum absolute atomic E-state index is 1.24. The molecule has 0 unspecified atom stereocenters. The molecule has 0 amide bonds. The highest BCUT2D eigenvalue weighted by Gasteiger charge is 1.95. The molecule has 3 aromatic carbocycles. The Hall–Kier alpha value is -2.84. The van der Waals surface area contributed by atoms with E-state index >= 15 is 0 Å². The first-order chi connectivity index (χ1) is 8.85. The Bertz CT molecular complexity index is 644. The number of rotatable bonds is 0. The lowest BCUT2D eigenvalue weighted by molar-refractivity contribution is 1.49. The quantitative estimate of drug-likeness (QED) is 0.547. The highest BCUT2D eigenvalue weighted by atomic mass is 14.3. The summed E-state index contributed by atoms with van der Waals surface area (Å²) in [5, 5.41) is 19.8. The maximum absolute atomic E-state index is 7.26. The molecule has 3 rings (SSSR count). The van der Waals surface area contributed by atoms with Gasteiger partial charge in [-0.1, -0.05) is 48.5 Å². The van der Waals surface area contributed by atoms with Gasteiger partial charge in [0.1, 0.15) is 0 Å². The van der Waals surface area contributed by atoms with Crippen molar-refractivity contribution in [2.24, 2.45) is 0 Å². The van der Waals surface area contributed by atoms with Crippen LogP contribution in [0.4, 0.5) is 0 Å². The van der Waals surface area contributed by atoms with Crippen molar-refractivity contribution in [3.63, 3.8) is 0 Å². The minimum Gasteiger partial charge on any atom is -0.181 e. The fourth-order valence-corrected chi connectivity index (χ4v) is 1.88. The zero-order valence-electron chi connectivity index (χ0n) is 9.67. The van der Waals surface area contributed by atoms with E-state index in [0.29, 0.717) is 0 Å². The second-order valence-corrected chi connectivity index (χ2v) is 3.77. The second kappa shape index (κ2) is 5.48. The minimum atomic E-state index is 1.24. The van der Waals surface area contributed by atoms with Crippen LogP contribution in [0, 0.1) is 22.7 Å². The van der Waals surface area contributed by atoms with Gasteiger partial charge in [-0.3, -0.25) is 0 Å². The van der Waals surface area contributed by atoms with Gasteiger partial charge in [-0.15, -0.1) is 0 Å². The Morgan fingerprint density at radius 1 is 0.556 bits per heavy atom. The second-order valence-electron chi connectivity index (χ2n) is 3.77. The zero-order valence-corrected chi connectivity index (χ0v) is 9.67. The molecular formula is C16H10N2. The van der Waals surface area contributed by atoms with Gasteiger partial charge in [-0.2, -0.15) is 10.5 Å². The summed E-state index contributed by atoms with van der Waals surface area (Å²) in [6.45, 7) is 0. The molecule has 0 bridgehead atoms. The van der Waals surface area contributed by atoms with Gasteiger partial charge in [0.05, 0.1) is 0 Å². The summed E-state index contributed by atoms with van der Waals surface area (Å²) in [7, 11) is 0. The van der Waals surface area contributed by atoms with Crippen molar-refractivity contribution in [2.75, 3.05) is 0 Å². The van der Waals surface area contributed by atoms with E-state index in [2.05, 4.69) is 60.7 Å². The van der Waals surface area contributed by atoms with Crippen LogP contribution < -0.4 is 0 Å². The number of nitrogens with zero attached hydrogens (tertiary/aromatic N) is 2. The number of benzene rings is 3. The van der Waals surface area contributed by atoms with Gasteiger partial charge in [0.2, 0.25) is 0 Å². The van der Waals surface area contributed by atoms with Gasteiger partial charge in [-0.05, 0) is 33.7 Å². The van der Waals surface area contributed by atoms with E-state index < -0.39 is 0 Å². The molecule has 0 N–H and O–H groups in total. The molecule has 18 heavy (non-hydrogen) atoms. The van der Waals surface area contributed by atoms with Crippen molar-refractivity contribution in [2.45, 2.75) is 0 Å². The van der Waals surface area contributed by atoms with E-state index in [-0.39, 0.29) is 0 Å². The van der Waals surface area contributed by atoms with E-state index in [0.717, 1.165) is 0 Å². The fourth-order valence-electron chi connectivity index (χ4n) is 1.88. The lowest BCUT2D eigenvalue weighted by Gasteiger charge is -2.00. The van der Waals surface area contributed by atoms with Crippen LogP contribution in [0.2, 0.25) is 0 Å². The number of hydrogen-bond donors (Lipinski definition) is 0. The zero-order chi connectivity index (χ0) is 12.8. The third kappa shape index (κ3) is 2.45. The van der Waals surface area contributed by atoms with Crippen LogP contribution >= 0.6 is 0 Å². The lowest BCUT2D eigenvalue weighted by Crippen LogP contribution is -1.74. The van der Waals surface area contributed by atoms with Gasteiger partial charge in [0.15, 0.2) is 12.1 Å². The third-order valence-corrected chi connectivity index (χ3v) is 2.66. The predicted molar refractivity (Wildman–Crippen MR) is 72.7 cm³/mol. The SMILES string of the molecule is N#CC#N.c1ccc2cc3ccccc3cc2c1. The molecule has 0 aliphatic carbocycles. The molecule has 0 saturated carbocycles. The maximum atomic E-state index is 7.26. The van der Waals surface area contributed by atoms with Crippen LogP contribution in [0.3, 0.4) is 0 Å². The average Bonchev–Trinajstić information content (AvgIpc) is 2.45. The van der Waals surface area contributed by atoms with E-state index in [1.807, 2.05) is 0 Å². The molecule has 0 aliphatic rings. The van der Waals surface area contributed by atoms with Crippen molar-refractivity contribution in [3.05, 3.63) is 60.7 Å². The molecule has 0 radical (unpaired) electrons. The van der Waals surface area contributed by atoms with Crippen molar-refractivity contribution >= 4 is 21.5 Å². The van der Waals surface area contributed by atoms with Crippen molar-refractivity contribution in [1.82, 2.24) is 0 Å². The number of nitriles is 2. The van der Waals surface area contributed by atoms with Crippen LogP contribution in [-0.2, 0) is 0 Å². The first-order valence-corrected chi connectivity index (χ1v) is 5.51. The Labute approximate surface area is 105 Å². The van der Waals surface area contributed by atoms with E-state index in [4.69, 9.17) is 10.5 Å². The van der Waals surface area contributed by atoms with Gasteiger partial charge in [0.25, 0.3) is 0 Å². The van der Waals surface area contributed by atoms with Crippen LogP contribution in [0.25, 0.3) is 21.5 Å². The molecule has 0 heterocycles. The molecule has 0 spiro atoms. The summed E-state index contributed by atoms with van der Waals surface area (Å²) < 4.78 is 0. The number of fused-ring (bicyclic) bond motifs is 2. The highest BCUT2D eigenvalue weighted by molar-refractivity contribution is 5.98. The van der Waals surface area contributed by atoms with Crippen LogP contribution in [0.15, 0.2) is 60.7 Å². The fraction of sp³-hybridized carbons (Fsp3) is 0. The van der Waals surface area contributed by atoms with E-state index in [1.165, 1.54) is 33.7 Å². The lowest BCUT2D eigenvalue weighted by atomic mass is 10.0. The molecule has 0 atom stereocenters. The Kier molecular flexibility index (Phi) is 3.54. The van der Waals surface area contributed by atoms with Gasteiger partial charge in [0, 0.05) is 0 Å².